The predicted molar refractivity (Wildman–Crippen MR) is 232 cm³/mol. The van der Waals surface area contributed by atoms with Crippen LogP contribution >= 0.6 is 11.6 Å². The number of aryl methyl sites for hydroxylation is 4. The molecule has 1 atom stereocenters. The maximum absolute atomic E-state index is 13.7. The lowest BCUT2D eigenvalue weighted by Crippen LogP contribution is -2.48. The number of ether oxygens (including phenoxy) is 3. The highest BCUT2D eigenvalue weighted by molar-refractivity contribution is 7.89. The maximum atomic E-state index is 13.7. The highest BCUT2D eigenvalue weighted by Gasteiger charge is 2.32. The molecular weight excluding hydrogens is 820 g/mol. The number of sulfonamides is 1. The van der Waals surface area contributed by atoms with Crippen molar-refractivity contribution in [2.24, 2.45) is 4.99 Å². The molecule has 0 spiro atoms. The van der Waals surface area contributed by atoms with Crippen molar-refractivity contribution in [3.63, 3.8) is 0 Å². The second-order valence-corrected chi connectivity index (χ2v) is 17.6. The van der Waals surface area contributed by atoms with E-state index in [9.17, 15) is 13.2 Å². The van der Waals surface area contributed by atoms with Crippen LogP contribution in [0.4, 0.5) is 0 Å². The molecule has 2 aromatic heterocycles. The average molecular weight is 873 g/mol. The molecule has 1 amide bonds. The lowest BCUT2D eigenvalue weighted by Gasteiger charge is -2.34. The molecule has 2 aliphatic rings. The van der Waals surface area contributed by atoms with Crippen molar-refractivity contribution in [3.8, 4) is 22.6 Å². The van der Waals surface area contributed by atoms with Crippen molar-refractivity contribution in [2.45, 2.75) is 57.9 Å². The first kappa shape index (κ1) is 44.1. The Morgan fingerprint density at radius 3 is 2.31 bits per heavy atom. The number of aromatic nitrogens is 4. The van der Waals surface area contributed by atoms with E-state index in [0.717, 1.165) is 46.6 Å². The van der Waals surface area contributed by atoms with Gasteiger partial charge in [-0.2, -0.15) is 4.31 Å². The summed E-state index contributed by atoms with van der Waals surface area (Å²) in [5.41, 5.74) is 6.31. The van der Waals surface area contributed by atoms with E-state index in [1.807, 2.05) is 86.9 Å². The molecule has 61 heavy (non-hydrogen) atoms. The Morgan fingerprint density at radius 1 is 0.885 bits per heavy atom. The molecule has 324 valence electrons. The first-order valence-electron chi connectivity index (χ1n) is 20.6. The SMILES string of the molecule is COc1ccc2c(c1)C(c1ccc(Cl)cc1)=NC(CC(=O)NCCCOCCOCCCN1CCN(S(=O)(=O)c3cc(-c4c(C)noc4C)ccc3C)CC1)c1nnc(C)n1-2. The van der Waals surface area contributed by atoms with Crippen molar-refractivity contribution in [1.29, 1.82) is 0 Å². The minimum Gasteiger partial charge on any atom is -0.497 e. The predicted octanol–water partition coefficient (Wildman–Crippen LogP) is 6.04. The van der Waals surface area contributed by atoms with Crippen LogP contribution in [0, 0.1) is 27.7 Å². The standard InChI is InChI=1S/C44H53ClN8O7S/c1-29-8-9-34(42-30(2)50-60-31(42)3)26-40(29)61(55,56)52-20-18-51(19-21-52)17-7-23-59-25-24-58-22-6-16-46-41(54)28-38-44-49-48-32(4)53(44)39-15-14-36(57-5)27-37(39)43(47-38)33-10-12-35(45)13-11-33/h8-15,26-27,38H,6-7,16-25,28H2,1-5H3,(H,46,54). The van der Waals surface area contributed by atoms with E-state index >= 15 is 0 Å². The smallest absolute Gasteiger partial charge is 0.243 e. The molecule has 2 aliphatic heterocycles. The molecule has 1 fully saturated rings. The van der Waals surface area contributed by atoms with Crippen LogP contribution < -0.4 is 10.1 Å². The minimum atomic E-state index is -3.66. The number of methoxy groups -OCH3 is 1. The first-order valence-corrected chi connectivity index (χ1v) is 22.4. The fraction of sp³-hybridized carbons (Fsp3) is 0.432. The molecule has 4 heterocycles. The highest BCUT2D eigenvalue weighted by Crippen LogP contribution is 2.35. The summed E-state index contributed by atoms with van der Waals surface area (Å²) in [5, 5.41) is 16.5. The summed E-state index contributed by atoms with van der Waals surface area (Å²) in [6.45, 7) is 12.8. The van der Waals surface area contributed by atoms with E-state index in [4.69, 9.17) is 35.3 Å². The van der Waals surface area contributed by atoms with Crippen molar-refractivity contribution in [2.75, 3.05) is 72.8 Å². The summed E-state index contributed by atoms with van der Waals surface area (Å²) >= 11 is 6.22. The van der Waals surface area contributed by atoms with E-state index < -0.39 is 16.1 Å². The second-order valence-electron chi connectivity index (χ2n) is 15.2. The summed E-state index contributed by atoms with van der Waals surface area (Å²) in [4.78, 5) is 21.0. The minimum absolute atomic E-state index is 0.0864. The molecule has 1 saturated heterocycles. The number of carbonyl (C=O) groups is 1. The quantitative estimate of drug-likeness (QED) is 0.102. The van der Waals surface area contributed by atoms with Crippen LogP contribution in [-0.4, -0.2) is 122 Å². The number of nitrogens with one attached hydrogen (secondary N) is 1. The first-order chi connectivity index (χ1) is 29.4. The van der Waals surface area contributed by atoms with Gasteiger partial charge in [0.25, 0.3) is 0 Å². The van der Waals surface area contributed by atoms with Crippen LogP contribution in [0.5, 0.6) is 5.75 Å². The topological polar surface area (TPSA) is 167 Å². The molecule has 0 bridgehead atoms. The van der Waals surface area contributed by atoms with Crippen LogP contribution in [0.2, 0.25) is 5.02 Å². The van der Waals surface area contributed by atoms with Gasteiger partial charge in [-0.1, -0.05) is 41.0 Å². The number of carbonyl (C=O) groups excluding carboxylic acids is 1. The van der Waals surface area contributed by atoms with Crippen LogP contribution in [-0.2, 0) is 24.3 Å². The summed E-state index contributed by atoms with van der Waals surface area (Å²) in [6, 6.07) is 18.2. The van der Waals surface area contributed by atoms with E-state index in [0.29, 0.717) is 110 Å². The lowest BCUT2D eigenvalue weighted by molar-refractivity contribution is -0.121. The molecule has 0 aliphatic carbocycles. The largest absolute Gasteiger partial charge is 0.497 e. The van der Waals surface area contributed by atoms with Crippen molar-refractivity contribution >= 4 is 33.2 Å². The number of hydrogen-bond acceptors (Lipinski definition) is 12. The molecule has 5 aromatic rings. The Kier molecular flexibility index (Phi) is 14.3. The maximum Gasteiger partial charge on any atom is 0.243 e. The number of benzene rings is 3. The van der Waals surface area contributed by atoms with E-state index in [1.165, 1.54) is 0 Å². The molecule has 1 unspecified atom stereocenters. The van der Waals surface area contributed by atoms with Gasteiger partial charge in [0.05, 0.1) is 48.7 Å². The molecule has 0 saturated carbocycles. The van der Waals surface area contributed by atoms with Gasteiger partial charge in [-0.3, -0.25) is 14.4 Å². The van der Waals surface area contributed by atoms with Crippen LogP contribution in [0.3, 0.4) is 0 Å². The second kappa shape index (κ2) is 19.8. The van der Waals surface area contributed by atoms with Gasteiger partial charge >= 0.3 is 0 Å². The van der Waals surface area contributed by atoms with Crippen LogP contribution in [0.15, 0.2) is 75.1 Å². The molecule has 7 rings (SSSR count). The summed E-state index contributed by atoms with van der Waals surface area (Å²) in [5.74, 6) is 2.47. The number of rotatable bonds is 18. The highest BCUT2D eigenvalue weighted by atomic mass is 35.5. The molecular formula is C44H53ClN8O7S. The molecule has 0 radical (unpaired) electrons. The fourth-order valence-electron chi connectivity index (χ4n) is 7.80. The van der Waals surface area contributed by atoms with Crippen molar-refractivity contribution in [3.05, 3.63) is 105 Å². The molecule has 15 nitrogen and oxygen atoms in total. The summed E-state index contributed by atoms with van der Waals surface area (Å²) < 4.78 is 53.4. The van der Waals surface area contributed by atoms with Gasteiger partial charge in [-0.15, -0.1) is 10.2 Å². The summed E-state index contributed by atoms with van der Waals surface area (Å²) in [6.07, 6.45) is 1.56. The van der Waals surface area contributed by atoms with Gasteiger partial charge in [0.1, 0.15) is 23.4 Å². The number of halogens is 1. The number of amides is 1. The Morgan fingerprint density at radius 2 is 1.61 bits per heavy atom. The van der Waals surface area contributed by atoms with Gasteiger partial charge < -0.3 is 29.0 Å². The zero-order chi connectivity index (χ0) is 43.1. The number of piperazine rings is 1. The van der Waals surface area contributed by atoms with E-state index in [1.54, 1.807) is 17.5 Å². The Labute approximate surface area is 362 Å². The van der Waals surface area contributed by atoms with E-state index in [2.05, 4.69) is 25.6 Å². The number of fused-ring (bicyclic) bond motifs is 3. The number of aliphatic imine (C=N–C) groups is 1. The average Bonchev–Trinajstić information content (AvgIpc) is 3.77. The van der Waals surface area contributed by atoms with Gasteiger partial charge in [0.2, 0.25) is 15.9 Å². The van der Waals surface area contributed by atoms with Gasteiger partial charge in [-0.25, -0.2) is 8.42 Å². The molecule has 3 aromatic carbocycles. The zero-order valence-electron chi connectivity index (χ0n) is 35.3. The molecule has 1 N–H and O–H groups in total. The summed E-state index contributed by atoms with van der Waals surface area (Å²) in [7, 11) is -2.04. The van der Waals surface area contributed by atoms with Crippen LogP contribution in [0.25, 0.3) is 16.8 Å². The van der Waals surface area contributed by atoms with Crippen molar-refractivity contribution in [1.82, 2.24) is 34.4 Å². The lowest BCUT2D eigenvalue weighted by atomic mass is 10.00. The number of nitrogens with zero attached hydrogens (tertiary/aromatic N) is 7. The fourth-order valence-corrected chi connectivity index (χ4v) is 9.60. The Balaban J connectivity index is 0.799. The zero-order valence-corrected chi connectivity index (χ0v) is 36.9. The normalized spacial score (nSPS) is 15.8. The van der Waals surface area contributed by atoms with Gasteiger partial charge in [0, 0.05) is 74.2 Å². The third-order valence-electron chi connectivity index (χ3n) is 11.0. The van der Waals surface area contributed by atoms with Crippen molar-refractivity contribution < 1.29 is 31.9 Å². The molecule has 17 heteroatoms. The Hall–Kier alpha value is -4.97. The van der Waals surface area contributed by atoms with Gasteiger partial charge in [-0.05, 0) is 88.1 Å². The Bertz CT molecular complexity index is 2440. The third-order valence-corrected chi connectivity index (χ3v) is 13.3. The van der Waals surface area contributed by atoms with Gasteiger partial charge in [0.15, 0.2) is 5.82 Å². The monoisotopic (exact) mass is 872 g/mol. The van der Waals surface area contributed by atoms with E-state index in [-0.39, 0.29) is 12.3 Å². The van der Waals surface area contributed by atoms with Crippen LogP contribution in [0.1, 0.15) is 65.1 Å². The number of hydrogen-bond donors (Lipinski definition) is 1. The third kappa shape index (κ3) is 10.2.